The first-order valence-corrected chi connectivity index (χ1v) is 8.23. The molecule has 1 N–H and O–H groups in total. The third kappa shape index (κ3) is 3.49. The van der Waals surface area contributed by atoms with Crippen LogP contribution in [0.3, 0.4) is 0 Å². The van der Waals surface area contributed by atoms with Crippen molar-refractivity contribution >= 4 is 34.6 Å². The minimum absolute atomic E-state index is 0.114. The van der Waals surface area contributed by atoms with Crippen LogP contribution in [0.2, 0.25) is 0 Å². The lowest BCUT2D eigenvalue weighted by Gasteiger charge is -2.11. The van der Waals surface area contributed by atoms with E-state index in [1.54, 1.807) is 47.4 Å². The van der Waals surface area contributed by atoms with Crippen molar-refractivity contribution in [1.82, 2.24) is 4.90 Å². The Balaban J connectivity index is 1.91. The Morgan fingerprint density at radius 2 is 1.83 bits per heavy atom. The van der Waals surface area contributed by atoms with Crippen LogP contribution in [-0.4, -0.2) is 27.6 Å². The molecule has 24 heavy (non-hydrogen) atoms. The fourth-order valence-corrected chi connectivity index (χ4v) is 3.28. The van der Waals surface area contributed by atoms with E-state index in [0.717, 1.165) is 5.56 Å². The summed E-state index contributed by atoms with van der Waals surface area (Å²) in [6.07, 6.45) is 1.77. The molecular formula is C18H15FN2O2S. The molecule has 1 aliphatic rings. The van der Waals surface area contributed by atoms with Crippen LogP contribution in [0.15, 0.2) is 58.4 Å². The summed E-state index contributed by atoms with van der Waals surface area (Å²) in [5.41, 5.74) is 1.42. The number of benzene rings is 2. The lowest BCUT2D eigenvalue weighted by Crippen LogP contribution is -2.28. The molecule has 0 saturated carbocycles. The molecule has 6 heteroatoms. The van der Waals surface area contributed by atoms with Gasteiger partial charge in [-0.25, -0.2) is 9.38 Å². The highest BCUT2D eigenvalue weighted by Crippen LogP contribution is 2.34. The molecular weight excluding hydrogens is 327 g/mol. The number of halogens is 1. The number of hydrogen-bond donors (Lipinski definition) is 1. The number of aromatic hydroxyl groups is 1. The first-order valence-electron chi connectivity index (χ1n) is 7.41. The van der Waals surface area contributed by atoms with E-state index in [1.807, 2.05) is 6.92 Å². The van der Waals surface area contributed by atoms with Crippen LogP contribution in [-0.2, 0) is 4.79 Å². The Bertz CT molecular complexity index is 814. The summed E-state index contributed by atoms with van der Waals surface area (Å²) in [5, 5.41) is 9.90. The van der Waals surface area contributed by atoms with E-state index < -0.39 is 0 Å². The Morgan fingerprint density at radius 1 is 1.17 bits per heavy atom. The zero-order valence-electron chi connectivity index (χ0n) is 12.9. The van der Waals surface area contributed by atoms with E-state index in [1.165, 1.54) is 23.9 Å². The number of thioether (sulfide) groups is 1. The molecule has 1 heterocycles. The topological polar surface area (TPSA) is 52.9 Å². The Morgan fingerprint density at radius 3 is 2.46 bits per heavy atom. The zero-order valence-corrected chi connectivity index (χ0v) is 13.8. The number of carbonyl (C=O) groups is 1. The fraction of sp³-hybridized carbons (Fsp3) is 0.111. The van der Waals surface area contributed by atoms with Crippen molar-refractivity contribution in [2.45, 2.75) is 6.92 Å². The number of nitrogens with zero attached hydrogens (tertiary/aromatic N) is 2. The smallest absolute Gasteiger partial charge is 0.266 e. The molecule has 0 atom stereocenters. The maximum atomic E-state index is 13.0. The predicted molar refractivity (Wildman–Crippen MR) is 94.6 cm³/mol. The highest BCUT2D eigenvalue weighted by atomic mass is 32.2. The van der Waals surface area contributed by atoms with Crippen molar-refractivity contribution in [3.05, 3.63) is 64.8 Å². The quantitative estimate of drug-likeness (QED) is 0.853. The van der Waals surface area contributed by atoms with E-state index in [4.69, 9.17) is 0 Å². The van der Waals surface area contributed by atoms with Gasteiger partial charge in [0.2, 0.25) is 0 Å². The maximum absolute atomic E-state index is 13.0. The number of carbonyl (C=O) groups excluding carboxylic acids is 1. The predicted octanol–water partition coefficient (Wildman–Crippen LogP) is 4.16. The molecule has 0 unspecified atom stereocenters. The second-order valence-corrected chi connectivity index (χ2v) is 6.13. The molecule has 2 aromatic rings. The normalized spacial score (nSPS) is 17.9. The average Bonchev–Trinajstić information content (AvgIpc) is 2.86. The molecule has 3 rings (SSSR count). The van der Waals surface area contributed by atoms with Gasteiger partial charge in [-0.3, -0.25) is 9.69 Å². The van der Waals surface area contributed by atoms with E-state index in [2.05, 4.69) is 4.99 Å². The summed E-state index contributed by atoms with van der Waals surface area (Å²) in [5.74, 6) is -0.262. The van der Waals surface area contributed by atoms with Crippen LogP contribution < -0.4 is 0 Å². The summed E-state index contributed by atoms with van der Waals surface area (Å²) < 4.78 is 13.0. The second-order valence-electron chi connectivity index (χ2n) is 5.12. The minimum atomic E-state index is -0.325. The van der Waals surface area contributed by atoms with Gasteiger partial charge in [-0.2, -0.15) is 0 Å². The molecule has 0 aliphatic carbocycles. The van der Waals surface area contributed by atoms with Gasteiger partial charge >= 0.3 is 0 Å². The van der Waals surface area contributed by atoms with Gasteiger partial charge in [-0.15, -0.1) is 0 Å². The molecule has 1 amide bonds. The number of phenols is 1. The fourth-order valence-electron chi connectivity index (χ4n) is 2.22. The van der Waals surface area contributed by atoms with E-state index in [-0.39, 0.29) is 17.5 Å². The Kier molecular flexibility index (Phi) is 4.66. The van der Waals surface area contributed by atoms with E-state index in [0.29, 0.717) is 22.3 Å². The van der Waals surface area contributed by atoms with E-state index in [9.17, 15) is 14.3 Å². The van der Waals surface area contributed by atoms with Crippen LogP contribution in [0, 0.1) is 5.82 Å². The number of hydrogen-bond acceptors (Lipinski definition) is 4. The molecule has 122 valence electrons. The summed E-state index contributed by atoms with van der Waals surface area (Å²) in [6, 6.07) is 12.4. The first kappa shape index (κ1) is 16.3. The summed E-state index contributed by atoms with van der Waals surface area (Å²) in [6.45, 7) is 2.38. The third-order valence-electron chi connectivity index (χ3n) is 3.45. The number of aliphatic imine (C=N–C) groups is 1. The van der Waals surface area contributed by atoms with Crippen molar-refractivity contribution in [2.75, 3.05) is 6.54 Å². The molecule has 0 spiro atoms. The number of phenolic OH excluding ortho intramolecular Hbond substituents is 1. The average molecular weight is 342 g/mol. The van der Waals surface area contributed by atoms with Gasteiger partial charge in [0.15, 0.2) is 5.17 Å². The number of likely N-dealkylation sites (N-methyl/N-ethyl adjacent to an activating group) is 1. The van der Waals surface area contributed by atoms with Gasteiger partial charge in [-0.1, -0.05) is 12.1 Å². The summed E-state index contributed by atoms with van der Waals surface area (Å²) >= 11 is 1.28. The molecule has 1 fully saturated rings. The zero-order chi connectivity index (χ0) is 17.1. The second kappa shape index (κ2) is 6.88. The molecule has 1 saturated heterocycles. The van der Waals surface area contributed by atoms with Crippen LogP contribution in [0.1, 0.15) is 12.5 Å². The van der Waals surface area contributed by atoms with Crippen LogP contribution in [0.5, 0.6) is 5.75 Å². The van der Waals surface area contributed by atoms with Crippen molar-refractivity contribution < 1.29 is 14.3 Å². The van der Waals surface area contributed by atoms with Crippen LogP contribution >= 0.6 is 11.8 Å². The van der Waals surface area contributed by atoms with Crippen molar-refractivity contribution in [2.24, 2.45) is 4.99 Å². The number of amidine groups is 1. The largest absolute Gasteiger partial charge is 0.508 e. The minimum Gasteiger partial charge on any atom is -0.508 e. The maximum Gasteiger partial charge on any atom is 0.266 e. The van der Waals surface area contributed by atoms with Gasteiger partial charge in [0, 0.05) is 6.54 Å². The Hall–Kier alpha value is -2.60. The molecule has 2 aromatic carbocycles. The van der Waals surface area contributed by atoms with Crippen LogP contribution in [0.4, 0.5) is 10.1 Å². The SMILES string of the molecule is CCN1C(=O)/C(=C\c2ccc(O)cc2)SC1=Nc1ccc(F)cc1. The molecule has 0 radical (unpaired) electrons. The number of rotatable bonds is 3. The molecule has 0 bridgehead atoms. The highest BCUT2D eigenvalue weighted by molar-refractivity contribution is 8.18. The number of amides is 1. The Labute approximate surface area is 143 Å². The van der Waals surface area contributed by atoms with Gasteiger partial charge in [-0.05, 0) is 66.7 Å². The lowest BCUT2D eigenvalue weighted by atomic mass is 10.2. The van der Waals surface area contributed by atoms with Crippen molar-refractivity contribution in [3.63, 3.8) is 0 Å². The lowest BCUT2D eigenvalue weighted by molar-refractivity contribution is -0.122. The molecule has 1 aliphatic heterocycles. The van der Waals surface area contributed by atoms with Crippen molar-refractivity contribution in [3.8, 4) is 5.75 Å². The highest BCUT2D eigenvalue weighted by Gasteiger charge is 2.32. The summed E-state index contributed by atoms with van der Waals surface area (Å²) in [4.78, 5) is 19.1. The molecule has 4 nitrogen and oxygen atoms in total. The summed E-state index contributed by atoms with van der Waals surface area (Å²) in [7, 11) is 0. The van der Waals surface area contributed by atoms with Gasteiger partial charge < -0.3 is 5.11 Å². The first-order chi connectivity index (χ1) is 11.6. The third-order valence-corrected chi connectivity index (χ3v) is 4.45. The molecule has 0 aromatic heterocycles. The standard InChI is InChI=1S/C18H15FN2O2S/c1-2-21-17(23)16(11-12-3-9-15(22)10-4-12)24-18(21)20-14-7-5-13(19)6-8-14/h3-11,22H,2H2,1H3/b16-11+,20-18?. The van der Waals surface area contributed by atoms with Crippen molar-refractivity contribution in [1.29, 1.82) is 0 Å². The van der Waals surface area contributed by atoms with Gasteiger partial charge in [0.1, 0.15) is 11.6 Å². The van der Waals surface area contributed by atoms with E-state index >= 15 is 0 Å². The van der Waals surface area contributed by atoms with Gasteiger partial charge in [0.25, 0.3) is 5.91 Å². The monoisotopic (exact) mass is 342 g/mol. The van der Waals surface area contributed by atoms with Crippen LogP contribution in [0.25, 0.3) is 6.08 Å². The van der Waals surface area contributed by atoms with Gasteiger partial charge in [0.05, 0.1) is 10.6 Å².